The number of fused-ring (bicyclic) bond motifs is 1. The molecule has 7 nitrogen and oxygen atoms in total. The fourth-order valence-electron chi connectivity index (χ4n) is 5.66. The molecule has 2 aliphatic heterocycles. The number of carbonyl (C=O) groups is 1. The fraction of sp³-hybridized carbons (Fsp3) is 0.355. The minimum atomic E-state index is -0.607. The molecule has 0 aliphatic carbocycles. The summed E-state index contributed by atoms with van der Waals surface area (Å²) in [7, 11) is 0. The lowest BCUT2D eigenvalue weighted by Crippen LogP contribution is -2.29. The SMILES string of the molecule is O=C(Nc1n[nH]c2ccc(Cc3cc(F)cc(F)c3)cc12)c1ccc(CN2CCCC2)cc1NC1CCOCC1. The zero-order chi connectivity index (χ0) is 27.5. The van der Waals surface area contributed by atoms with Gasteiger partial charge in [-0.3, -0.25) is 14.8 Å². The lowest BCUT2D eigenvalue weighted by molar-refractivity contribution is 0.0904. The van der Waals surface area contributed by atoms with Crippen molar-refractivity contribution in [2.24, 2.45) is 0 Å². The molecule has 3 heterocycles. The number of ether oxygens (including phenoxy) is 1. The number of amides is 1. The highest BCUT2D eigenvalue weighted by atomic mass is 19.1. The van der Waals surface area contributed by atoms with Gasteiger partial charge in [0.2, 0.25) is 0 Å². The van der Waals surface area contributed by atoms with Gasteiger partial charge in [0.05, 0.1) is 11.1 Å². The van der Waals surface area contributed by atoms with Crippen LogP contribution in [0.2, 0.25) is 0 Å². The number of carbonyl (C=O) groups excluding carboxylic acids is 1. The van der Waals surface area contributed by atoms with Crippen LogP contribution in [-0.2, 0) is 17.7 Å². The molecule has 9 heteroatoms. The fourth-order valence-corrected chi connectivity index (χ4v) is 5.66. The monoisotopic (exact) mass is 545 g/mol. The number of H-pyrrole nitrogens is 1. The average Bonchev–Trinajstić information content (AvgIpc) is 3.59. The van der Waals surface area contributed by atoms with E-state index in [-0.39, 0.29) is 11.9 Å². The van der Waals surface area contributed by atoms with Gasteiger partial charge in [-0.1, -0.05) is 12.1 Å². The van der Waals surface area contributed by atoms with Gasteiger partial charge >= 0.3 is 0 Å². The van der Waals surface area contributed by atoms with Gasteiger partial charge < -0.3 is 15.4 Å². The quantitative estimate of drug-likeness (QED) is 0.258. The van der Waals surface area contributed by atoms with Gasteiger partial charge in [-0.2, -0.15) is 5.10 Å². The summed E-state index contributed by atoms with van der Waals surface area (Å²) in [4.78, 5) is 16.0. The Morgan fingerprint density at radius 1 is 0.950 bits per heavy atom. The Bertz CT molecular complexity index is 1490. The molecule has 0 radical (unpaired) electrons. The summed E-state index contributed by atoms with van der Waals surface area (Å²) in [5.41, 5.74) is 4.68. The number of nitrogens with one attached hydrogen (secondary N) is 3. The van der Waals surface area contributed by atoms with E-state index in [4.69, 9.17) is 4.74 Å². The molecule has 0 spiro atoms. The molecule has 2 saturated heterocycles. The molecule has 0 unspecified atom stereocenters. The molecule has 40 heavy (non-hydrogen) atoms. The van der Waals surface area contributed by atoms with Crippen LogP contribution >= 0.6 is 0 Å². The summed E-state index contributed by atoms with van der Waals surface area (Å²) in [5.74, 6) is -1.06. The Morgan fingerprint density at radius 3 is 2.48 bits per heavy atom. The summed E-state index contributed by atoms with van der Waals surface area (Å²) in [6.07, 6.45) is 4.58. The Balaban J connectivity index is 1.24. The first-order chi connectivity index (χ1) is 19.5. The van der Waals surface area contributed by atoms with Gasteiger partial charge in [-0.05, 0) is 98.3 Å². The first kappa shape index (κ1) is 26.4. The predicted octanol–water partition coefficient (Wildman–Crippen LogP) is 5.87. The van der Waals surface area contributed by atoms with E-state index in [1.165, 1.54) is 30.5 Å². The highest BCUT2D eigenvalue weighted by molar-refractivity contribution is 6.10. The third-order valence-corrected chi connectivity index (χ3v) is 7.70. The molecule has 4 aromatic rings. The number of halogens is 2. The topological polar surface area (TPSA) is 82.3 Å². The van der Waals surface area contributed by atoms with Crippen LogP contribution in [-0.4, -0.2) is 53.3 Å². The Kier molecular flexibility index (Phi) is 7.75. The van der Waals surface area contributed by atoms with Crippen molar-refractivity contribution in [1.29, 1.82) is 0 Å². The molecule has 2 aliphatic rings. The van der Waals surface area contributed by atoms with Crippen molar-refractivity contribution in [3.63, 3.8) is 0 Å². The molecular formula is C31H33F2N5O2. The second-order valence-corrected chi connectivity index (χ2v) is 10.8. The van der Waals surface area contributed by atoms with Crippen molar-refractivity contribution >= 4 is 28.3 Å². The van der Waals surface area contributed by atoms with Crippen LogP contribution in [0.3, 0.4) is 0 Å². The largest absolute Gasteiger partial charge is 0.381 e. The molecule has 2 fully saturated rings. The molecule has 0 saturated carbocycles. The lowest BCUT2D eigenvalue weighted by atomic mass is 10.0. The van der Waals surface area contributed by atoms with Gasteiger partial charge in [-0.25, -0.2) is 8.78 Å². The van der Waals surface area contributed by atoms with Crippen LogP contribution in [0.15, 0.2) is 54.6 Å². The van der Waals surface area contributed by atoms with Gasteiger partial charge in [0.1, 0.15) is 11.6 Å². The number of rotatable bonds is 8. The third kappa shape index (κ3) is 6.16. The van der Waals surface area contributed by atoms with E-state index in [1.54, 1.807) is 0 Å². The zero-order valence-corrected chi connectivity index (χ0v) is 22.3. The first-order valence-electron chi connectivity index (χ1n) is 13.9. The minimum absolute atomic E-state index is 0.240. The second-order valence-electron chi connectivity index (χ2n) is 10.8. The summed E-state index contributed by atoms with van der Waals surface area (Å²) < 4.78 is 32.9. The number of nitrogens with zero attached hydrogens (tertiary/aromatic N) is 2. The highest BCUT2D eigenvalue weighted by Crippen LogP contribution is 2.27. The molecule has 208 valence electrons. The number of likely N-dealkylation sites (tertiary alicyclic amines) is 1. The Labute approximate surface area is 231 Å². The van der Waals surface area contributed by atoms with Crippen LogP contribution in [0.4, 0.5) is 20.3 Å². The van der Waals surface area contributed by atoms with Gasteiger partial charge in [0.25, 0.3) is 5.91 Å². The molecule has 3 aromatic carbocycles. The standard InChI is InChI=1S/C31H33F2N5O2/c32-23-14-22(15-24(33)18-23)13-20-4-6-28-27(16-20)30(37-36-28)35-31(39)26-5-3-21(19-38-9-1-2-10-38)17-29(26)34-25-7-11-40-12-8-25/h3-6,14-18,25,34H,1-2,7-13,19H2,(H2,35,36,37,39). The maximum atomic E-state index is 13.7. The second kappa shape index (κ2) is 11.7. The van der Waals surface area contributed by atoms with Crippen LogP contribution in [0.25, 0.3) is 10.9 Å². The van der Waals surface area contributed by atoms with Crippen molar-refractivity contribution in [2.45, 2.75) is 44.7 Å². The van der Waals surface area contributed by atoms with Crippen molar-refractivity contribution < 1.29 is 18.3 Å². The summed E-state index contributed by atoms with van der Waals surface area (Å²) in [6.45, 7) is 4.49. The Hall–Kier alpha value is -3.82. The summed E-state index contributed by atoms with van der Waals surface area (Å²) in [5, 5.41) is 14.6. The van der Waals surface area contributed by atoms with E-state index in [1.807, 2.05) is 30.3 Å². The van der Waals surface area contributed by atoms with E-state index >= 15 is 0 Å². The maximum absolute atomic E-state index is 13.7. The molecule has 0 atom stereocenters. The van der Waals surface area contributed by atoms with E-state index in [9.17, 15) is 13.6 Å². The number of anilines is 2. The predicted molar refractivity (Wildman–Crippen MR) is 152 cm³/mol. The summed E-state index contributed by atoms with van der Waals surface area (Å²) in [6, 6.07) is 15.4. The zero-order valence-electron chi connectivity index (χ0n) is 22.3. The molecular weight excluding hydrogens is 512 g/mol. The maximum Gasteiger partial charge on any atom is 0.258 e. The van der Waals surface area contributed by atoms with Crippen LogP contribution in [0, 0.1) is 11.6 Å². The Morgan fingerprint density at radius 2 is 1.70 bits per heavy atom. The van der Waals surface area contributed by atoms with Gasteiger partial charge in [-0.15, -0.1) is 0 Å². The number of benzene rings is 3. The van der Waals surface area contributed by atoms with Gasteiger partial charge in [0.15, 0.2) is 5.82 Å². The van der Waals surface area contributed by atoms with Crippen molar-refractivity contribution in [2.75, 3.05) is 36.9 Å². The molecule has 6 rings (SSSR count). The third-order valence-electron chi connectivity index (χ3n) is 7.70. The number of aromatic nitrogens is 2. The van der Waals surface area contributed by atoms with Crippen LogP contribution in [0.5, 0.6) is 0 Å². The van der Waals surface area contributed by atoms with Crippen LogP contribution in [0.1, 0.15) is 52.7 Å². The van der Waals surface area contributed by atoms with E-state index in [0.29, 0.717) is 36.6 Å². The molecule has 1 aromatic heterocycles. The van der Waals surface area contributed by atoms with Crippen LogP contribution < -0.4 is 10.6 Å². The smallest absolute Gasteiger partial charge is 0.258 e. The van der Waals surface area contributed by atoms with Crippen molar-refractivity contribution in [3.8, 4) is 0 Å². The average molecular weight is 546 g/mol. The van der Waals surface area contributed by atoms with Crippen molar-refractivity contribution in [3.05, 3.63) is 88.5 Å². The van der Waals surface area contributed by atoms with E-state index in [0.717, 1.165) is 60.7 Å². The first-order valence-corrected chi connectivity index (χ1v) is 13.9. The molecule has 3 N–H and O–H groups in total. The lowest BCUT2D eigenvalue weighted by Gasteiger charge is -2.26. The minimum Gasteiger partial charge on any atom is -0.381 e. The van der Waals surface area contributed by atoms with E-state index < -0.39 is 11.6 Å². The highest BCUT2D eigenvalue weighted by Gasteiger charge is 2.21. The van der Waals surface area contributed by atoms with Crippen molar-refractivity contribution in [1.82, 2.24) is 15.1 Å². The number of hydrogen-bond donors (Lipinski definition) is 3. The number of hydrogen-bond acceptors (Lipinski definition) is 5. The molecule has 0 bridgehead atoms. The molecule has 1 amide bonds. The summed E-state index contributed by atoms with van der Waals surface area (Å²) >= 11 is 0. The van der Waals surface area contributed by atoms with E-state index in [2.05, 4.69) is 31.8 Å². The normalized spacial score (nSPS) is 16.4. The number of aromatic amines is 1. The van der Waals surface area contributed by atoms with Gasteiger partial charge in [0, 0.05) is 42.9 Å².